The summed E-state index contributed by atoms with van der Waals surface area (Å²) >= 11 is 6.03. The van der Waals surface area contributed by atoms with Crippen molar-refractivity contribution in [1.29, 1.82) is 0 Å². The van der Waals surface area contributed by atoms with Gasteiger partial charge in [-0.15, -0.1) is 0 Å². The summed E-state index contributed by atoms with van der Waals surface area (Å²) in [7, 11) is 0. The van der Waals surface area contributed by atoms with Gasteiger partial charge in [-0.2, -0.15) is 5.10 Å². The zero-order valence-electron chi connectivity index (χ0n) is 15.4. The van der Waals surface area contributed by atoms with E-state index < -0.39 is 0 Å². The summed E-state index contributed by atoms with van der Waals surface area (Å²) in [5, 5.41) is 10.4. The molecule has 0 spiro atoms. The van der Waals surface area contributed by atoms with Gasteiger partial charge in [-0.1, -0.05) is 23.7 Å². The predicted octanol–water partition coefficient (Wildman–Crippen LogP) is 3.99. The third-order valence-electron chi connectivity index (χ3n) is 4.29. The first-order valence-electron chi connectivity index (χ1n) is 8.81. The van der Waals surface area contributed by atoms with Crippen LogP contribution in [0.2, 0.25) is 5.02 Å². The van der Waals surface area contributed by atoms with Gasteiger partial charge < -0.3 is 9.73 Å². The van der Waals surface area contributed by atoms with Crippen LogP contribution in [0.3, 0.4) is 0 Å². The van der Waals surface area contributed by atoms with Crippen molar-refractivity contribution >= 4 is 28.6 Å². The minimum absolute atomic E-state index is 0.232. The molecule has 2 heterocycles. The molecule has 0 radical (unpaired) electrons. The fraction of sp³-hybridized carbons (Fsp3) is 0.200. The van der Waals surface area contributed by atoms with Crippen molar-refractivity contribution in [2.24, 2.45) is 0 Å². The number of carbonyl (C=O) groups excluding carboxylic acids is 1. The second kappa shape index (κ2) is 7.44. The van der Waals surface area contributed by atoms with Gasteiger partial charge in [0, 0.05) is 17.0 Å². The number of aromatic amines is 1. The molecular formula is C20H18ClN5O2. The molecule has 8 heteroatoms. The van der Waals surface area contributed by atoms with Crippen LogP contribution in [-0.2, 0) is 6.42 Å². The molecule has 2 N–H and O–H groups in total. The number of H-pyrrole nitrogens is 1. The van der Waals surface area contributed by atoms with Gasteiger partial charge in [0.25, 0.3) is 5.91 Å². The van der Waals surface area contributed by atoms with Crippen molar-refractivity contribution in [3.05, 3.63) is 76.2 Å². The van der Waals surface area contributed by atoms with Gasteiger partial charge in [-0.05, 0) is 49.7 Å². The number of nitrogens with one attached hydrogen (secondary N) is 2. The Morgan fingerprint density at radius 1 is 1.25 bits per heavy atom. The molecule has 0 bridgehead atoms. The van der Waals surface area contributed by atoms with Crippen molar-refractivity contribution in [3.8, 4) is 0 Å². The lowest BCUT2D eigenvalue weighted by molar-refractivity contribution is 0.0938. The van der Waals surface area contributed by atoms with Gasteiger partial charge >= 0.3 is 0 Å². The lowest BCUT2D eigenvalue weighted by Gasteiger charge is -2.10. The Balaban J connectivity index is 1.51. The lowest BCUT2D eigenvalue weighted by atomic mass is 10.1. The van der Waals surface area contributed by atoms with Crippen molar-refractivity contribution < 1.29 is 9.21 Å². The van der Waals surface area contributed by atoms with E-state index in [0.717, 1.165) is 5.56 Å². The molecule has 0 fully saturated rings. The molecule has 4 rings (SSSR count). The lowest BCUT2D eigenvalue weighted by Crippen LogP contribution is -2.27. The van der Waals surface area contributed by atoms with E-state index in [-0.39, 0.29) is 11.9 Å². The largest absolute Gasteiger partial charge is 0.440 e. The minimum Gasteiger partial charge on any atom is -0.440 e. The molecule has 0 aliphatic heterocycles. The van der Waals surface area contributed by atoms with Crippen molar-refractivity contribution in [1.82, 2.24) is 25.5 Å². The van der Waals surface area contributed by atoms with E-state index in [0.29, 0.717) is 45.6 Å². The van der Waals surface area contributed by atoms with Crippen LogP contribution in [0.15, 0.2) is 46.9 Å². The highest BCUT2D eigenvalue weighted by molar-refractivity contribution is 6.30. The second-order valence-corrected chi connectivity index (χ2v) is 7.01. The molecule has 1 atom stereocenters. The molecule has 2 aromatic carbocycles. The molecule has 0 saturated heterocycles. The molecular weight excluding hydrogens is 378 g/mol. The van der Waals surface area contributed by atoms with Crippen LogP contribution in [0.25, 0.3) is 11.1 Å². The highest BCUT2D eigenvalue weighted by Crippen LogP contribution is 2.21. The van der Waals surface area contributed by atoms with Gasteiger partial charge in [0.2, 0.25) is 0 Å². The van der Waals surface area contributed by atoms with E-state index >= 15 is 0 Å². The Morgan fingerprint density at radius 2 is 2.11 bits per heavy atom. The monoisotopic (exact) mass is 395 g/mol. The third kappa shape index (κ3) is 3.89. The van der Waals surface area contributed by atoms with E-state index in [2.05, 4.69) is 25.5 Å². The van der Waals surface area contributed by atoms with E-state index in [4.69, 9.17) is 16.0 Å². The minimum atomic E-state index is -0.318. The summed E-state index contributed by atoms with van der Waals surface area (Å²) in [6.45, 7) is 3.64. The zero-order valence-corrected chi connectivity index (χ0v) is 16.1. The van der Waals surface area contributed by atoms with Gasteiger partial charge in [0.05, 0.1) is 6.04 Å². The van der Waals surface area contributed by atoms with Crippen molar-refractivity contribution in [2.75, 3.05) is 0 Å². The summed E-state index contributed by atoms with van der Waals surface area (Å²) in [5.74, 6) is 1.57. The first kappa shape index (κ1) is 18.2. The number of hydrogen-bond donors (Lipinski definition) is 2. The van der Waals surface area contributed by atoms with Crippen LogP contribution in [0, 0.1) is 6.92 Å². The summed E-state index contributed by atoms with van der Waals surface area (Å²) in [4.78, 5) is 21.3. The molecule has 4 aromatic rings. The number of rotatable bonds is 5. The zero-order chi connectivity index (χ0) is 19.7. The van der Waals surface area contributed by atoms with Gasteiger partial charge in [0.1, 0.15) is 11.3 Å². The summed E-state index contributed by atoms with van der Waals surface area (Å²) < 4.78 is 5.83. The molecule has 7 nitrogen and oxygen atoms in total. The number of halogens is 1. The van der Waals surface area contributed by atoms with Crippen LogP contribution < -0.4 is 5.32 Å². The van der Waals surface area contributed by atoms with Crippen LogP contribution in [-0.4, -0.2) is 26.1 Å². The maximum Gasteiger partial charge on any atom is 0.251 e. The average Bonchev–Trinajstić information content (AvgIpc) is 3.26. The Morgan fingerprint density at radius 3 is 2.86 bits per heavy atom. The quantitative estimate of drug-likeness (QED) is 0.532. The molecule has 142 valence electrons. The normalized spacial score (nSPS) is 12.2. The second-order valence-electron chi connectivity index (χ2n) is 6.57. The Hall–Kier alpha value is -3.19. The van der Waals surface area contributed by atoms with Crippen LogP contribution in [0.5, 0.6) is 0 Å². The van der Waals surface area contributed by atoms with E-state index in [1.54, 1.807) is 18.2 Å². The van der Waals surface area contributed by atoms with Gasteiger partial charge in [-0.25, -0.2) is 9.97 Å². The van der Waals surface area contributed by atoms with Crippen LogP contribution in [0.1, 0.15) is 46.4 Å². The number of fused-ring (bicyclic) bond motifs is 1. The fourth-order valence-corrected chi connectivity index (χ4v) is 3.12. The van der Waals surface area contributed by atoms with Crippen molar-refractivity contribution in [3.63, 3.8) is 0 Å². The van der Waals surface area contributed by atoms with Gasteiger partial charge in [-0.3, -0.25) is 9.89 Å². The number of oxazole rings is 1. The molecule has 0 saturated carbocycles. The molecule has 2 aromatic heterocycles. The van der Waals surface area contributed by atoms with Crippen LogP contribution in [0.4, 0.5) is 0 Å². The average molecular weight is 396 g/mol. The highest BCUT2D eigenvalue weighted by atomic mass is 35.5. The molecule has 28 heavy (non-hydrogen) atoms. The summed E-state index contributed by atoms with van der Waals surface area (Å²) in [6.07, 6.45) is 0.526. The topological polar surface area (TPSA) is 96.7 Å². The summed E-state index contributed by atoms with van der Waals surface area (Å²) in [6, 6.07) is 12.4. The standard InChI is InChI=1S/C20H18ClN5O2/c1-11(19-23-12(2)25-26-19)22-20(27)14-6-7-16-17(10-14)28-18(24-16)9-13-4-3-5-15(21)8-13/h3-8,10-11H,9H2,1-2H3,(H,22,27)(H,23,25,26)/t11-/m0/s1. The number of nitrogens with zero attached hydrogens (tertiary/aromatic N) is 3. The van der Waals surface area contributed by atoms with Crippen LogP contribution >= 0.6 is 11.6 Å². The highest BCUT2D eigenvalue weighted by Gasteiger charge is 2.16. The smallest absolute Gasteiger partial charge is 0.251 e. The summed E-state index contributed by atoms with van der Waals surface area (Å²) in [5.41, 5.74) is 2.75. The van der Waals surface area contributed by atoms with E-state index in [9.17, 15) is 4.79 Å². The number of hydrogen-bond acceptors (Lipinski definition) is 5. The Kier molecular flexibility index (Phi) is 4.83. The maximum absolute atomic E-state index is 12.6. The van der Waals surface area contributed by atoms with E-state index in [1.165, 1.54) is 0 Å². The van der Waals surface area contributed by atoms with Crippen molar-refractivity contribution in [2.45, 2.75) is 26.3 Å². The number of benzene rings is 2. The first-order chi connectivity index (χ1) is 13.5. The third-order valence-corrected chi connectivity index (χ3v) is 4.52. The maximum atomic E-state index is 12.6. The predicted molar refractivity (Wildman–Crippen MR) is 105 cm³/mol. The molecule has 1 amide bonds. The Labute approximate surface area is 166 Å². The fourth-order valence-electron chi connectivity index (χ4n) is 2.91. The van der Waals surface area contributed by atoms with Gasteiger partial charge in [0.15, 0.2) is 17.3 Å². The number of amides is 1. The molecule has 0 aliphatic rings. The number of carbonyl (C=O) groups is 1. The Bertz CT molecular complexity index is 1150. The number of aromatic nitrogens is 4. The molecule has 0 aliphatic carbocycles. The first-order valence-corrected chi connectivity index (χ1v) is 9.19. The SMILES string of the molecule is Cc1nc([C@H](C)NC(=O)c2ccc3nc(Cc4cccc(Cl)c4)oc3c2)n[nH]1. The number of aryl methyl sites for hydroxylation is 1. The molecule has 0 unspecified atom stereocenters. The van der Waals surface area contributed by atoms with E-state index in [1.807, 2.05) is 38.1 Å².